The van der Waals surface area contributed by atoms with Crippen LogP contribution in [-0.4, -0.2) is 27.3 Å². The lowest BCUT2D eigenvalue weighted by molar-refractivity contribution is -0.115. The van der Waals surface area contributed by atoms with E-state index < -0.39 is 8.32 Å². The van der Waals surface area contributed by atoms with Crippen LogP contribution in [0.1, 0.15) is 32.8 Å². The molecular formula is C17H28O3Si. The first-order valence-corrected chi connectivity index (χ1v) is 10.4. The minimum absolute atomic E-state index is 0.110. The highest BCUT2D eigenvalue weighted by molar-refractivity contribution is 6.74. The number of carbonyl (C=O) groups excluding carboxylic acids is 1. The first kappa shape index (κ1) is 18.1. The molecule has 0 saturated carbocycles. The van der Waals surface area contributed by atoms with Crippen molar-refractivity contribution in [1.82, 2.24) is 0 Å². The minimum atomic E-state index is -1.90. The third-order valence-electron chi connectivity index (χ3n) is 4.06. The van der Waals surface area contributed by atoms with Gasteiger partial charge < -0.3 is 14.0 Å². The van der Waals surface area contributed by atoms with E-state index in [1.165, 1.54) is 0 Å². The van der Waals surface area contributed by atoms with Gasteiger partial charge in [-0.3, -0.25) is 0 Å². The fourth-order valence-corrected chi connectivity index (χ4v) is 2.96. The third kappa shape index (κ3) is 6.12. The summed E-state index contributed by atoms with van der Waals surface area (Å²) in [5.74, 6) is 0. The Hall–Kier alpha value is -0.973. The van der Waals surface area contributed by atoms with E-state index in [1.807, 2.05) is 30.3 Å². The maximum absolute atomic E-state index is 11.2. The minimum Gasteiger partial charge on any atom is -0.407 e. The zero-order valence-electron chi connectivity index (χ0n) is 13.9. The normalized spacial score (nSPS) is 14.0. The maximum Gasteiger partial charge on any atom is 0.193 e. The molecule has 0 radical (unpaired) electrons. The highest BCUT2D eigenvalue weighted by Crippen LogP contribution is 2.37. The smallest absolute Gasteiger partial charge is 0.193 e. The van der Waals surface area contributed by atoms with Crippen LogP contribution in [0.3, 0.4) is 0 Å². The van der Waals surface area contributed by atoms with E-state index in [4.69, 9.17) is 9.16 Å². The van der Waals surface area contributed by atoms with Crippen LogP contribution < -0.4 is 0 Å². The lowest BCUT2D eigenvalue weighted by Gasteiger charge is -2.38. The van der Waals surface area contributed by atoms with Crippen molar-refractivity contribution in [3.05, 3.63) is 35.9 Å². The molecule has 0 amide bonds. The molecule has 0 saturated heterocycles. The SMILES string of the molecule is CC(C)(C)[Si](C)(C)O[C@H](C=O)CCOCc1ccccc1. The summed E-state index contributed by atoms with van der Waals surface area (Å²) >= 11 is 0. The van der Waals surface area contributed by atoms with Gasteiger partial charge in [0.15, 0.2) is 8.32 Å². The predicted molar refractivity (Wildman–Crippen MR) is 88.8 cm³/mol. The largest absolute Gasteiger partial charge is 0.407 e. The predicted octanol–water partition coefficient (Wildman–Crippen LogP) is 4.18. The summed E-state index contributed by atoms with van der Waals surface area (Å²) in [5.41, 5.74) is 1.14. The van der Waals surface area contributed by atoms with Crippen LogP contribution >= 0.6 is 0 Å². The standard InChI is InChI=1S/C17H28O3Si/c1-17(2,3)21(4,5)20-16(13-18)11-12-19-14-15-9-7-6-8-10-15/h6-10,13,16H,11-12,14H2,1-5H3/t16-/m0/s1. The van der Waals surface area contributed by atoms with Crippen LogP contribution in [-0.2, 0) is 20.6 Å². The molecule has 1 atom stereocenters. The Balaban J connectivity index is 2.36. The van der Waals surface area contributed by atoms with Crippen molar-refractivity contribution >= 4 is 14.6 Å². The van der Waals surface area contributed by atoms with Crippen LogP contribution in [0.2, 0.25) is 18.1 Å². The molecule has 0 N–H and O–H groups in total. The van der Waals surface area contributed by atoms with E-state index in [0.29, 0.717) is 19.6 Å². The molecule has 0 fully saturated rings. The molecule has 0 aliphatic heterocycles. The molecule has 1 aromatic rings. The average Bonchev–Trinajstić information content (AvgIpc) is 2.42. The van der Waals surface area contributed by atoms with Gasteiger partial charge in [0, 0.05) is 13.0 Å². The van der Waals surface area contributed by atoms with Crippen molar-refractivity contribution in [2.75, 3.05) is 6.61 Å². The summed E-state index contributed by atoms with van der Waals surface area (Å²) < 4.78 is 11.7. The van der Waals surface area contributed by atoms with Gasteiger partial charge in [0.1, 0.15) is 12.4 Å². The second-order valence-electron chi connectivity index (χ2n) is 6.88. The fourth-order valence-electron chi connectivity index (χ4n) is 1.67. The summed E-state index contributed by atoms with van der Waals surface area (Å²) in [6.45, 7) is 12.0. The molecular weight excluding hydrogens is 280 g/mol. The first-order chi connectivity index (χ1) is 9.76. The molecule has 1 aromatic carbocycles. The van der Waals surface area contributed by atoms with Gasteiger partial charge >= 0.3 is 0 Å². The summed E-state index contributed by atoms with van der Waals surface area (Å²) in [4.78, 5) is 11.2. The van der Waals surface area contributed by atoms with E-state index in [1.54, 1.807) is 0 Å². The van der Waals surface area contributed by atoms with Crippen LogP contribution in [0, 0.1) is 0 Å². The van der Waals surface area contributed by atoms with Crippen LogP contribution in [0.25, 0.3) is 0 Å². The van der Waals surface area contributed by atoms with Gasteiger partial charge in [-0.15, -0.1) is 0 Å². The van der Waals surface area contributed by atoms with Gasteiger partial charge in [-0.2, -0.15) is 0 Å². The number of aldehydes is 1. The number of ether oxygens (including phenoxy) is 1. The Morgan fingerprint density at radius 2 is 1.81 bits per heavy atom. The Morgan fingerprint density at radius 3 is 2.33 bits per heavy atom. The summed E-state index contributed by atoms with van der Waals surface area (Å²) in [6, 6.07) is 10.0. The van der Waals surface area contributed by atoms with Crippen LogP contribution in [0.5, 0.6) is 0 Å². The molecule has 0 aliphatic rings. The average molecular weight is 308 g/mol. The summed E-state index contributed by atoms with van der Waals surface area (Å²) in [6.07, 6.45) is 1.16. The third-order valence-corrected chi connectivity index (χ3v) is 8.57. The molecule has 3 nitrogen and oxygen atoms in total. The van der Waals surface area contributed by atoms with Gasteiger partial charge in [0.2, 0.25) is 0 Å². The Kier molecular flexibility index (Phi) is 6.78. The van der Waals surface area contributed by atoms with E-state index in [-0.39, 0.29) is 11.1 Å². The number of hydrogen-bond donors (Lipinski definition) is 0. The Labute approximate surface area is 129 Å². The second-order valence-corrected chi connectivity index (χ2v) is 11.6. The molecule has 21 heavy (non-hydrogen) atoms. The number of benzene rings is 1. The van der Waals surface area contributed by atoms with Gasteiger partial charge in [0.25, 0.3) is 0 Å². The van der Waals surface area contributed by atoms with E-state index in [0.717, 1.165) is 11.8 Å². The van der Waals surface area contributed by atoms with Crippen molar-refractivity contribution in [1.29, 1.82) is 0 Å². The van der Waals surface area contributed by atoms with Crippen molar-refractivity contribution < 1.29 is 14.0 Å². The summed E-state index contributed by atoms with van der Waals surface area (Å²) in [5, 5.41) is 0.110. The first-order valence-electron chi connectivity index (χ1n) is 7.51. The maximum atomic E-state index is 11.2. The summed E-state index contributed by atoms with van der Waals surface area (Å²) in [7, 11) is -1.90. The van der Waals surface area contributed by atoms with E-state index in [2.05, 4.69) is 33.9 Å². The lowest BCUT2D eigenvalue weighted by Crippen LogP contribution is -2.44. The van der Waals surface area contributed by atoms with E-state index in [9.17, 15) is 4.79 Å². The van der Waals surface area contributed by atoms with Crippen molar-refractivity contribution in [3.8, 4) is 0 Å². The lowest BCUT2D eigenvalue weighted by atomic mass is 10.2. The zero-order chi connectivity index (χ0) is 15.9. The van der Waals surface area contributed by atoms with Gasteiger partial charge in [-0.1, -0.05) is 51.1 Å². The fraction of sp³-hybridized carbons (Fsp3) is 0.588. The topological polar surface area (TPSA) is 35.5 Å². The molecule has 0 heterocycles. The second kappa shape index (κ2) is 7.87. The monoisotopic (exact) mass is 308 g/mol. The quantitative estimate of drug-likeness (QED) is 0.410. The molecule has 0 unspecified atom stereocenters. The zero-order valence-corrected chi connectivity index (χ0v) is 14.9. The van der Waals surface area contributed by atoms with E-state index >= 15 is 0 Å². The highest BCUT2D eigenvalue weighted by Gasteiger charge is 2.39. The Bertz CT molecular complexity index is 423. The molecule has 1 rings (SSSR count). The van der Waals surface area contributed by atoms with Crippen LogP contribution in [0.4, 0.5) is 0 Å². The van der Waals surface area contributed by atoms with Gasteiger partial charge in [-0.05, 0) is 23.7 Å². The molecule has 0 aliphatic carbocycles. The molecule has 4 heteroatoms. The number of rotatable bonds is 8. The van der Waals surface area contributed by atoms with Crippen molar-refractivity contribution in [2.24, 2.45) is 0 Å². The van der Waals surface area contributed by atoms with Gasteiger partial charge in [0.05, 0.1) is 6.61 Å². The van der Waals surface area contributed by atoms with Crippen molar-refractivity contribution in [2.45, 2.75) is 58.0 Å². The molecule has 118 valence electrons. The van der Waals surface area contributed by atoms with Gasteiger partial charge in [-0.25, -0.2) is 0 Å². The highest BCUT2D eigenvalue weighted by atomic mass is 28.4. The number of hydrogen-bond acceptors (Lipinski definition) is 3. The number of carbonyl (C=O) groups is 1. The molecule has 0 spiro atoms. The Morgan fingerprint density at radius 1 is 1.19 bits per heavy atom. The molecule has 0 bridgehead atoms. The van der Waals surface area contributed by atoms with Crippen molar-refractivity contribution in [3.63, 3.8) is 0 Å². The van der Waals surface area contributed by atoms with Crippen LogP contribution in [0.15, 0.2) is 30.3 Å². The molecule has 0 aromatic heterocycles.